The monoisotopic (exact) mass is 366 g/mol. The SMILES string of the molecule is CC(c1nc(-c2ccccc2)no1)N1CCN(C(=O)C2CC=CCC2)CC1. The van der Waals surface area contributed by atoms with Crippen LogP contribution in [0.5, 0.6) is 0 Å². The third-order valence-electron chi connectivity index (χ3n) is 5.62. The summed E-state index contributed by atoms with van der Waals surface area (Å²) in [6.07, 6.45) is 7.21. The number of amides is 1. The van der Waals surface area contributed by atoms with Gasteiger partial charge in [0.25, 0.3) is 0 Å². The van der Waals surface area contributed by atoms with Crippen LogP contribution in [0, 0.1) is 5.92 Å². The average Bonchev–Trinajstić information content (AvgIpc) is 3.24. The van der Waals surface area contributed by atoms with E-state index in [1.165, 1.54) is 0 Å². The molecule has 2 aromatic rings. The largest absolute Gasteiger partial charge is 0.340 e. The maximum atomic E-state index is 12.7. The molecule has 6 nitrogen and oxygen atoms in total. The zero-order chi connectivity index (χ0) is 18.6. The number of nitrogens with zero attached hydrogens (tertiary/aromatic N) is 4. The van der Waals surface area contributed by atoms with Crippen LogP contribution in [-0.4, -0.2) is 52.0 Å². The van der Waals surface area contributed by atoms with E-state index < -0.39 is 0 Å². The average molecular weight is 366 g/mol. The van der Waals surface area contributed by atoms with Crippen molar-refractivity contribution >= 4 is 5.91 Å². The number of carbonyl (C=O) groups excluding carboxylic acids is 1. The van der Waals surface area contributed by atoms with Gasteiger partial charge in [-0.3, -0.25) is 9.69 Å². The number of rotatable bonds is 4. The van der Waals surface area contributed by atoms with Gasteiger partial charge in [-0.15, -0.1) is 0 Å². The molecule has 0 saturated carbocycles. The van der Waals surface area contributed by atoms with Crippen LogP contribution in [0.1, 0.15) is 38.1 Å². The van der Waals surface area contributed by atoms with Gasteiger partial charge in [0.15, 0.2) is 0 Å². The third-order valence-corrected chi connectivity index (χ3v) is 5.62. The van der Waals surface area contributed by atoms with Crippen LogP contribution in [0.15, 0.2) is 47.0 Å². The van der Waals surface area contributed by atoms with E-state index in [0.717, 1.165) is 51.0 Å². The van der Waals surface area contributed by atoms with Crippen LogP contribution in [-0.2, 0) is 4.79 Å². The second kappa shape index (κ2) is 8.05. The molecule has 0 radical (unpaired) electrons. The fourth-order valence-electron chi connectivity index (χ4n) is 3.87. The first-order chi connectivity index (χ1) is 13.2. The first kappa shape index (κ1) is 17.9. The van der Waals surface area contributed by atoms with E-state index >= 15 is 0 Å². The number of piperazine rings is 1. The lowest BCUT2D eigenvalue weighted by Gasteiger charge is -2.38. The number of hydrogen-bond acceptors (Lipinski definition) is 5. The summed E-state index contributed by atoms with van der Waals surface area (Å²) in [7, 11) is 0. The number of carbonyl (C=O) groups is 1. The van der Waals surface area contributed by atoms with Crippen molar-refractivity contribution in [3.8, 4) is 11.4 Å². The molecule has 1 amide bonds. The maximum Gasteiger partial charge on any atom is 0.244 e. The Morgan fingerprint density at radius 3 is 2.63 bits per heavy atom. The molecule has 4 rings (SSSR count). The molecule has 0 N–H and O–H groups in total. The van der Waals surface area contributed by atoms with Crippen LogP contribution >= 0.6 is 0 Å². The van der Waals surface area contributed by atoms with E-state index in [2.05, 4.69) is 34.1 Å². The summed E-state index contributed by atoms with van der Waals surface area (Å²) in [5, 5.41) is 4.12. The minimum Gasteiger partial charge on any atom is -0.340 e. The molecule has 27 heavy (non-hydrogen) atoms. The summed E-state index contributed by atoms with van der Waals surface area (Å²) in [5.41, 5.74) is 0.955. The fourth-order valence-corrected chi connectivity index (χ4v) is 3.87. The van der Waals surface area contributed by atoms with Crippen LogP contribution in [0.2, 0.25) is 0 Å². The van der Waals surface area contributed by atoms with E-state index in [1.807, 2.05) is 35.2 Å². The fraction of sp³-hybridized carbons (Fsp3) is 0.476. The Morgan fingerprint density at radius 2 is 1.93 bits per heavy atom. The molecule has 1 fully saturated rings. The second-order valence-corrected chi connectivity index (χ2v) is 7.34. The Balaban J connectivity index is 1.35. The number of allylic oxidation sites excluding steroid dienone is 2. The van der Waals surface area contributed by atoms with Crippen LogP contribution < -0.4 is 0 Å². The molecule has 2 heterocycles. The highest BCUT2D eigenvalue weighted by Crippen LogP contribution is 2.25. The highest BCUT2D eigenvalue weighted by molar-refractivity contribution is 5.79. The summed E-state index contributed by atoms with van der Waals surface area (Å²) in [6, 6.07) is 9.90. The van der Waals surface area contributed by atoms with E-state index in [1.54, 1.807) is 0 Å². The van der Waals surface area contributed by atoms with Gasteiger partial charge in [0.1, 0.15) is 0 Å². The Morgan fingerprint density at radius 1 is 1.15 bits per heavy atom. The Hall–Kier alpha value is -2.47. The molecular formula is C21H26N4O2. The van der Waals surface area contributed by atoms with Crippen molar-refractivity contribution < 1.29 is 9.32 Å². The van der Waals surface area contributed by atoms with E-state index in [0.29, 0.717) is 17.6 Å². The summed E-state index contributed by atoms with van der Waals surface area (Å²) < 4.78 is 5.51. The standard InChI is InChI=1S/C21H26N4O2/c1-16(20-22-19(23-27-20)17-8-4-2-5-9-17)24-12-14-25(15-13-24)21(26)18-10-6-3-7-11-18/h2-6,8-9,16,18H,7,10-15H2,1H3. The van der Waals surface area contributed by atoms with Gasteiger partial charge in [0.05, 0.1) is 6.04 Å². The molecule has 6 heteroatoms. The molecule has 1 aromatic carbocycles. The minimum absolute atomic E-state index is 0.0461. The molecule has 0 bridgehead atoms. The quantitative estimate of drug-likeness (QED) is 0.777. The van der Waals surface area contributed by atoms with Crippen LogP contribution in [0.4, 0.5) is 0 Å². The Kier molecular flexibility index (Phi) is 5.34. The highest BCUT2D eigenvalue weighted by Gasteiger charge is 2.30. The summed E-state index contributed by atoms with van der Waals surface area (Å²) in [6.45, 7) is 5.29. The van der Waals surface area contributed by atoms with E-state index in [9.17, 15) is 4.79 Å². The minimum atomic E-state index is 0.0461. The lowest BCUT2D eigenvalue weighted by atomic mass is 9.93. The van der Waals surface area contributed by atoms with Crippen molar-refractivity contribution in [3.05, 3.63) is 48.4 Å². The van der Waals surface area contributed by atoms with Gasteiger partial charge in [-0.1, -0.05) is 47.6 Å². The van der Waals surface area contributed by atoms with Gasteiger partial charge in [-0.2, -0.15) is 4.98 Å². The predicted octanol–water partition coefficient (Wildman–Crippen LogP) is 3.30. The van der Waals surface area contributed by atoms with Crippen LogP contribution in [0.25, 0.3) is 11.4 Å². The van der Waals surface area contributed by atoms with Gasteiger partial charge in [0.2, 0.25) is 17.6 Å². The van der Waals surface area contributed by atoms with Gasteiger partial charge in [-0.05, 0) is 26.2 Å². The van der Waals surface area contributed by atoms with E-state index in [4.69, 9.17) is 4.52 Å². The molecule has 2 aliphatic rings. The topological polar surface area (TPSA) is 62.5 Å². The van der Waals surface area contributed by atoms with E-state index in [-0.39, 0.29) is 12.0 Å². The molecule has 1 aliphatic heterocycles. The summed E-state index contributed by atoms with van der Waals surface area (Å²) in [4.78, 5) is 21.6. The van der Waals surface area contributed by atoms with Crippen molar-refractivity contribution in [2.24, 2.45) is 5.92 Å². The summed E-state index contributed by atoms with van der Waals surface area (Å²) >= 11 is 0. The molecule has 2 unspecified atom stereocenters. The molecule has 1 aromatic heterocycles. The van der Waals surface area contributed by atoms with Crippen LogP contribution in [0.3, 0.4) is 0 Å². The molecular weight excluding hydrogens is 340 g/mol. The van der Waals surface area contributed by atoms with Gasteiger partial charge >= 0.3 is 0 Å². The molecule has 0 spiro atoms. The van der Waals surface area contributed by atoms with Crippen molar-refractivity contribution in [1.82, 2.24) is 19.9 Å². The first-order valence-corrected chi connectivity index (χ1v) is 9.79. The normalized spacial score (nSPS) is 22.0. The second-order valence-electron chi connectivity index (χ2n) is 7.34. The number of hydrogen-bond donors (Lipinski definition) is 0. The number of aromatic nitrogens is 2. The van der Waals surface area contributed by atoms with Gasteiger partial charge in [-0.25, -0.2) is 0 Å². The zero-order valence-corrected chi connectivity index (χ0v) is 15.8. The third kappa shape index (κ3) is 3.95. The molecule has 1 saturated heterocycles. The smallest absolute Gasteiger partial charge is 0.244 e. The molecule has 2 atom stereocenters. The number of benzene rings is 1. The van der Waals surface area contributed by atoms with Crippen molar-refractivity contribution in [2.75, 3.05) is 26.2 Å². The first-order valence-electron chi connectivity index (χ1n) is 9.79. The lowest BCUT2D eigenvalue weighted by Crippen LogP contribution is -2.50. The Bertz CT molecular complexity index is 794. The molecule has 1 aliphatic carbocycles. The lowest BCUT2D eigenvalue weighted by molar-refractivity contribution is -0.137. The van der Waals surface area contributed by atoms with Crippen molar-refractivity contribution in [3.63, 3.8) is 0 Å². The maximum absolute atomic E-state index is 12.7. The predicted molar refractivity (Wildman–Crippen MR) is 103 cm³/mol. The highest BCUT2D eigenvalue weighted by atomic mass is 16.5. The van der Waals surface area contributed by atoms with Crippen molar-refractivity contribution in [1.29, 1.82) is 0 Å². The Labute approximate surface area is 159 Å². The van der Waals surface area contributed by atoms with Gasteiger partial charge < -0.3 is 9.42 Å². The van der Waals surface area contributed by atoms with Gasteiger partial charge in [0, 0.05) is 37.7 Å². The zero-order valence-electron chi connectivity index (χ0n) is 15.8. The summed E-state index contributed by atoms with van der Waals surface area (Å²) in [5.74, 6) is 1.74. The molecule has 142 valence electrons. The van der Waals surface area contributed by atoms with Crippen molar-refractivity contribution in [2.45, 2.75) is 32.2 Å².